The van der Waals surface area contributed by atoms with Gasteiger partial charge in [0.1, 0.15) is 5.82 Å². The Morgan fingerprint density at radius 1 is 1.38 bits per heavy atom. The van der Waals surface area contributed by atoms with Gasteiger partial charge in [-0.1, -0.05) is 6.07 Å². The fourth-order valence-electron chi connectivity index (χ4n) is 1.07. The molecule has 5 heteroatoms. The number of hydrogen-bond acceptors (Lipinski definition) is 2. The monoisotopic (exact) mass is 223 g/mol. The summed E-state index contributed by atoms with van der Waals surface area (Å²) < 4.78 is 12.9. The lowest BCUT2D eigenvalue weighted by Crippen LogP contribution is -2.24. The minimum atomic E-state index is -1.21. The van der Waals surface area contributed by atoms with Gasteiger partial charge < -0.3 is 10.0 Å². The van der Waals surface area contributed by atoms with Crippen LogP contribution in [-0.2, 0) is 9.59 Å². The Balaban J connectivity index is 2.82. The van der Waals surface area contributed by atoms with Gasteiger partial charge in [-0.25, -0.2) is 9.18 Å². The van der Waals surface area contributed by atoms with E-state index in [-0.39, 0.29) is 0 Å². The fourth-order valence-corrected chi connectivity index (χ4v) is 1.07. The van der Waals surface area contributed by atoms with Crippen molar-refractivity contribution in [2.24, 2.45) is 0 Å². The molecule has 0 fully saturated rings. The number of carboxylic acid groups (broad SMARTS) is 1. The molecule has 0 unspecified atom stereocenters. The minimum absolute atomic E-state index is 0.361. The van der Waals surface area contributed by atoms with Gasteiger partial charge in [-0.05, 0) is 18.2 Å². The Morgan fingerprint density at radius 2 is 2.06 bits per heavy atom. The highest BCUT2D eigenvalue weighted by Gasteiger charge is 2.08. The molecule has 16 heavy (non-hydrogen) atoms. The molecule has 1 aromatic rings. The molecule has 0 aliphatic rings. The van der Waals surface area contributed by atoms with Crippen molar-refractivity contribution >= 4 is 17.6 Å². The van der Waals surface area contributed by atoms with Gasteiger partial charge in [-0.15, -0.1) is 0 Å². The Hall–Kier alpha value is -2.17. The summed E-state index contributed by atoms with van der Waals surface area (Å²) in [6, 6.07) is 5.46. The number of carbonyl (C=O) groups is 2. The SMILES string of the molecule is CN(C(=O)C=CC(=O)O)c1cccc(F)c1. The highest BCUT2D eigenvalue weighted by Crippen LogP contribution is 2.13. The van der Waals surface area contributed by atoms with Crippen LogP contribution in [0.3, 0.4) is 0 Å². The van der Waals surface area contributed by atoms with Crippen molar-refractivity contribution in [2.45, 2.75) is 0 Å². The van der Waals surface area contributed by atoms with Crippen LogP contribution in [0.25, 0.3) is 0 Å². The number of carboxylic acids is 1. The van der Waals surface area contributed by atoms with E-state index in [2.05, 4.69) is 0 Å². The van der Waals surface area contributed by atoms with Crippen molar-refractivity contribution in [3.05, 3.63) is 42.2 Å². The maximum atomic E-state index is 12.9. The Labute approximate surface area is 91.6 Å². The number of aliphatic carboxylic acids is 1. The van der Waals surface area contributed by atoms with E-state index in [4.69, 9.17) is 5.11 Å². The van der Waals surface area contributed by atoms with Gasteiger partial charge in [0, 0.05) is 24.9 Å². The van der Waals surface area contributed by atoms with Gasteiger partial charge >= 0.3 is 5.97 Å². The van der Waals surface area contributed by atoms with Crippen LogP contribution in [0.5, 0.6) is 0 Å². The second-order valence-electron chi connectivity index (χ2n) is 3.05. The van der Waals surface area contributed by atoms with Gasteiger partial charge in [0.2, 0.25) is 0 Å². The molecule has 0 spiro atoms. The van der Waals surface area contributed by atoms with Gasteiger partial charge in [0.05, 0.1) is 0 Å². The van der Waals surface area contributed by atoms with Crippen molar-refractivity contribution < 1.29 is 19.1 Å². The Kier molecular flexibility index (Phi) is 3.77. The molecule has 0 aliphatic carbocycles. The molecule has 1 amide bonds. The molecular weight excluding hydrogens is 213 g/mol. The van der Waals surface area contributed by atoms with Crippen LogP contribution in [0.15, 0.2) is 36.4 Å². The number of likely N-dealkylation sites (N-methyl/N-ethyl adjacent to an activating group) is 1. The first-order chi connectivity index (χ1) is 7.50. The number of carbonyl (C=O) groups excluding carboxylic acids is 1. The minimum Gasteiger partial charge on any atom is -0.478 e. The largest absolute Gasteiger partial charge is 0.478 e. The van der Waals surface area contributed by atoms with E-state index in [1.54, 1.807) is 6.07 Å². The first kappa shape index (κ1) is 11.9. The van der Waals surface area contributed by atoms with Crippen LogP contribution < -0.4 is 4.90 Å². The van der Waals surface area contributed by atoms with Crippen molar-refractivity contribution in [3.63, 3.8) is 0 Å². The third kappa shape index (κ3) is 3.20. The van der Waals surface area contributed by atoms with E-state index in [0.717, 1.165) is 17.1 Å². The molecule has 0 bridgehead atoms. The van der Waals surface area contributed by atoms with E-state index in [9.17, 15) is 14.0 Å². The molecule has 4 nitrogen and oxygen atoms in total. The lowest BCUT2D eigenvalue weighted by atomic mass is 10.3. The maximum absolute atomic E-state index is 12.9. The summed E-state index contributed by atoms with van der Waals surface area (Å²) in [5.41, 5.74) is 0.361. The predicted molar refractivity (Wildman–Crippen MR) is 56.6 cm³/mol. The lowest BCUT2D eigenvalue weighted by molar-refractivity contribution is -0.131. The summed E-state index contributed by atoms with van der Waals surface area (Å²) in [6.07, 6.45) is 1.64. The van der Waals surface area contributed by atoms with E-state index < -0.39 is 17.7 Å². The molecule has 0 saturated carbocycles. The summed E-state index contributed by atoms with van der Waals surface area (Å²) in [5.74, 6) is -2.20. The van der Waals surface area contributed by atoms with Crippen LogP contribution >= 0.6 is 0 Å². The molecule has 0 radical (unpaired) electrons. The maximum Gasteiger partial charge on any atom is 0.328 e. The number of amides is 1. The third-order valence-corrected chi connectivity index (χ3v) is 1.89. The summed E-state index contributed by atoms with van der Waals surface area (Å²) in [4.78, 5) is 22.8. The topological polar surface area (TPSA) is 57.6 Å². The van der Waals surface area contributed by atoms with Gasteiger partial charge in [-0.3, -0.25) is 4.79 Å². The Bertz CT molecular complexity index is 443. The first-order valence-electron chi connectivity index (χ1n) is 4.45. The zero-order chi connectivity index (χ0) is 12.1. The van der Waals surface area contributed by atoms with Crippen molar-refractivity contribution in [2.75, 3.05) is 11.9 Å². The third-order valence-electron chi connectivity index (χ3n) is 1.89. The summed E-state index contributed by atoms with van der Waals surface area (Å²) in [6.45, 7) is 0. The quantitative estimate of drug-likeness (QED) is 0.788. The molecule has 1 rings (SSSR count). The van der Waals surface area contributed by atoms with Crippen molar-refractivity contribution in [1.82, 2.24) is 0 Å². The molecule has 84 valence electrons. The normalized spacial score (nSPS) is 10.4. The number of halogens is 1. The van der Waals surface area contributed by atoms with Gasteiger partial charge in [0.25, 0.3) is 5.91 Å². The van der Waals surface area contributed by atoms with Gasteiger partial charge in [0.15, 0.2) is 0 Å². The number of rotatable bonds is 3. The van der Waals surface area contributed by atoms with Crippen LogP contribution in [0, 0.1) is 5.82 Å². The molecular formula is C11H10FNO3. The summed E-state index contributed by atoms with van der Waals surface area (Å²) in [5, 5.41) is 8.34. The number of benzene rings is 1. The number of anilines is 1. The van der Waals surface area contributed by atoms with Crippen LogP contribution in [-0.4, -0.2) is 24.0 Å². The smallest absolute Gasteiger partial charge is 0.328 e. The predicted octanol–water partition coefficient (Wildman–Crippen LogP) is 1.43. The molecule has 1 N–H and O–H groups in total. The van der Waals surface area contributed by atoms with Gasteiger partial charge in [-0.2, -0.15) is 0 Å². The number of hydrogen-bond donors (Lipinski definition) is 1. The van der Waals surface area contributed by atoms with E-state index in [1.165, 1.54) is 25.2 Å². The number of nitrogens with zero attached hydrogens (tertiary/aromatic N) is 1. The fraction of sp³-hybridized carbons (Fsp3) is 0.0909. The standard InChI is InChI=1S/C11H10FNO3/c1-13(10(14)5-6-11(15)16)9-4-2-3-8(12)7-9/h2-7H,1H3,(H,15,16). The molecule has 0 heterocycles. The zero-order valence-electron chi connectivity index (χ0n) is 8.55. The highest BCUT2D eigenvalue weighted by molar-refractivity contribution is 6.03. The Morgan fingerprint density at radius 3 is 2.62 bits per heavy atom. The van der Waals surface area contributed by atoms with E-state index in [0.29, 0.717) is 5.69 Å². The lowest BCUT2D eigenvalue weighted by Gasteiger charge is -2.14. The molecule has 0 aromatic heterocycles. The average Bonchev–Trinajstić information content (AvgIpc) is 2.24. The zero-order valence-corrected chi connectivity index (χ0v) is 8.55. The molecule has 0 atom stereocenters. The molecule has 0 aliphatic heterocycles. The average molecular weight is 223 g/mol. The van der Waals surface area contributed by atoms with E-state index >= 15 is 0 Å². The second kappa shape index (κ2) is 5.06. The van der Waals surface area contributed by atoms with Crippen molar-refractivity contribution in [1.29, 1.82) is 0 Å². The van der Waals surface area contributed by atoms with E-state index in [1.807, 2.05) is 0 Å². The van der Waals surface area contributed by atoms with Crippen LogP contribution in [0.1, 0.15) is 0 Å². The first-order valence-corrected chi connectivity index (χ1v) is 4.45. The second-order valence-corrected chi connectivity index (χ2v) is 3.05. The molecule has 1 aromatic carbocycles. The van der Waals surface area contributed by atoms with Crippen molar-refractivity contribution in [3.8, 4) is 0 Å². The summed E-state index contributed by atoms with van der Waals surface area (Å²) >= 11 is 0. The summed E-state index contributed by atoms with van der Waals surface area (Å²) in [7, 11) is 1.43. The highest BCUT2D eigenvalue weighted by atomic mass is 19.1. The van der Waals surface area contributed by atoms with Crippen LogP contribution in [0.4, 0.5) is 10.1 Å². The van der Waals surface area contributed by atoms with Crippen LogP contribution in [0.2, 0.25) is 0 Å². The molecule has 0 saturated heterocycles.